The highest BCUT2D eigenvalue weighted by Crippen LogP contribution is 2.24. The van der Waals surface area contributed by atoms with Crippen LogP contribution in [0.3, 0.4) is 0 Å². The summed E-state index contributed by atoms with van der Waals surface area (Å²) in [6, 6.07) is 0. The van der Waals surface area contributed by atoms with Gasteiger partial charge in [0.1, 0.15) is 0 Å². The number of hydrogen-bond acceptors (Lipinski definition) is 5. The maximum absolute atomic E-state index is 8.32. The molecule has 0 radical (unpaired) electrons. The van der Waals surface area contributed by atoms with Gasteiger partial charge in [-0.3, -0.25) is 5.41 Å². The summed E-state index contributed by atoms with van der Waals surface area (Å²) in [5, 5.41) is 12.1. The standard InChI is InChI=1S/C14H20ClN3O2/c1-19-5-2-17-10-11-8-12(15)9-13(14(11)16)18-3-6-20-7-4-18/h8-10,16-17H,2-7H2,1H3/b11-10-,16-14?. The van der Waals surface area contributed by atoms with Gasteiger partial charge in [-0.15, -0.1) is 0 Å². The van der Waals surface area contributed by atoms with Crippen LogP contribution in [0, 0.1) is 5.41 Å². The molecule has 1 fully saturated rings. The molecule has 20 heavy (non-hydrogen) atoms. The van der Waals surface area contributed by atoms with Crippen LogP contribution in [-0.2, 0) is 9.47 Å². The Balaban J connectivity index is 2.06. The number of allylic oxidation sites excluding steroid dienone is 4. The molecule has 0 amide bonds. The van der Waals surface area contributed by atoms with Gasteiger partial charge in [-0.1, -0.05) is 11.6 Å². The Bertz CT molecular complexity index is 451. The second-order valence-corrected chi connectivity index (χ2v) is 5.02. The number of rotatable bonds is 5. The van der Waals surface area contributed by atoms with Crippen LogP contribution in [-0.4, -0.2) is 57.2 Å². The molecule has 5 nitrogen and oxygen atoms in total. The third kappa shape index (κ3) is 3.85. The third-order valence-corrected chi connectivity index (χ3v) is 3.39. The van der Waals surface area contributed by atoms with E-state index in [4.69, 9.17) is 26.5 Å². The quantitative estimate of drug-likeness (QED) is 0.755. The van der Waals surface area contributed by atoms with E-state index in [9.17, 15) is 0 Å². The van der Waals surface area contributed by atoms with Gasteiger partial charge in [0.2, 0.25) is 0 Å². The van der Waals surface area contributed by atoms with Crippen molar-refractivity contribution in [1.82, 2.24) is 10.2 Å². The molecule has 0 aromatic carbocycles. The molecule has 0 aromatic rings. The smallest absolute Gasteiger partial charge is 0.0861 e. The summed E-state index contributed by atoms with van der Waals surface area (Å²) in [6.45, 7) is 4.30. The van der Waals surface area contributed by atoms with Gasteiger partial charge in [0, 0.05) is 43.5 Å². The summed E-state index contributed by atoms with van der Waals surface area (Å²) in [4.78, 5) is 2.14. The van der Waals surface area contributed by atoms with Crippen LogP contribution < -0.4 is 5.32 Å². The second kappa shape index (κ2) is 7.47. The van der Waals surface area contributed by atoms with Gasteiger partial charge in [0.05, 0.1) is 31.2 Å². The van der Waals surface area contributed by atoms with Gasteiger partial charge in [-0.05, 0) is 12.2 Å². The molecule has 0 saturated carbocycles. The summed E-state index contributed by atoms with van der Waals surface area (Å²) in [5.74, 6) is 0. The number of morpholine rings is 1. The van der Waals surface area contributed by atoms with Crippen molar-refractivity contribution < 1.29 is 9.47 Å². The number of halogens is 1. The fourth-order valence-electron chi connectivity index (χ4n) is 2.12. The minimum absolute atomic E-state index is 0.487. The Morgan fingerprint density at radius 2 is 2.20 bits per heavy atom. The van der Waals surface area contributed by atoms with Crippen LogP contribution in [0.4, 0.5) is 0 Å². The van der Waals surface area contributed by atoms with E-state index in [1.54, 1.807) is 13.2 Å². The maximum Gasteiger partial charge on any atom is 0.0861 e. The predicted molar refractivity (Wildman–Crippen MR) is 80.1 cm³/mol. The van der Waals surface area contributed by atoms with E-state index in [0.717, 1.165) is 24.4 Å². The lowest BCUT2D eigenvalue weighted by atomic mass is 10.0. The Kier molecular flexibility index (Phi) is 5.64. The van der Waals surface area contributed by atoms with Crippen molar-refractivity contribution in [3.8, 4) is 0 Å². The summed E-state index contributed by atoms with van der Waals surface area (Å²) in [5.41, 5.74) is 2.14. The maximum atomic E-state index is 8.32. The van der Waals surface area contributed by atoms with Gasteiger partial charge in [0.25, 0.3) is 0 Å². The van der Waals surface area contributed by atoms with Gasteiger partial charge in [-0.25, -0.2) is 0 Å². The first kappa shape index (κ1) is 15.1. The van der Waals surface area contributed by atoms with Gasteiger partial charge in [0.15, 0.2) is 0 Å². The lowest BCUT2D eigenvalue weighted by Crippen LogP contribution is -2.38. The molecule has 2 rings (SSSR count). The molecule has 1 saturated heterocycles. The summed E-state index contributed by atoms with van der Waals surface area (Å²) < 4.78 is 10.3. The molecule has 0 aromatic heterocycles. The molecule has 0 unspecified atom stereocenters. The van der Waals surface area contributed by atoms with Gasteiger partial charge in [-0.2, -0.15) is 0 Å². The van der Waals surface area contributed by atoms with Crippen LogP contribution >= 0.6 is 11.6 Å². The summed E-state index contributed by atoms with van der Waals surface area (Å²) in [7, 11) is 1.66. The highest BCUT2D eigenvalue weighted by atomic mass is 35.5. The average Bonchev–Trinajstić information content (AvgIpc) is 2.47. The van der Waals surface area contributed by atoms with Crippen molar-refractivity contribution in [2.75, 3.05) is 46.6 Å². The number of methoxy groups -OCH3 is 1. The van der Waals surface area contributed by atoms with Crippen LogP contribution in [0.5, 0.6) is 0 Å². The van der Waals surface area contributed by atoms with Crippen molar-refractivity contribution >= 4 is 17.3 Å². The van der Waals surface area contributed by atoms with E-state index in [1.807, 2.05) is 12.3 Å². The Morgan fingerprint density at radius 1 is 1.45 bits per heavy atom. The van der Waals surface area contributed by atoms with Crippen LogP contribution in [0.15, 0.2) is 34.7 Å². The van der Waals surface area contributed by atoms with E-state index in [0.29, 0.717) is 37.1 Å². The molecule has 1 heterocycles. The molecule has 1 aliphatic carbocycles. The molecule has 0 bridgehead atoms. The number of nitrogens with zero attached hydrogens (tertiary/aromatic N) is 1. The highest BCUT2D eigenvalue weighted by molar-refractivity contribution is 6.33. The Labute approximate surface area is 124 Å². The molecule has 0 atom stereocenters. The first-order valence-electron chi connectivity index (χ1n) is 6.65. The third-order valence-electron chi connectivity index (χ3n) is 3.17. The van der Waals surface area contributed by atoms with E-state index >= 15 is 0 Å². The molecule has 0 spiro atoms. The predicted octanol–water partition coefficient (Wildman–Crippen LogP) is 1.48. The normalized spacial score (nSPS) is 21.8. The van der Waals surface area contributed by atoms with Crippen LogP contribution in [0.1, 0.15) is 0 Å². The van der Waals surface area contributed by atoms with E-state index < -0.39 is 0 Å². The zero-order valence-electron chi connectivity index (χ0n) is 11.6. The van der Waals surface area contributed by atoms with E-state index in [1.165, 1.54) is 0 Å². The first-order valence-corrected chi connectivity index (χ1v) is 7.03. The van der Waals surface area contributed by atoms with Crippen molar-refractivity contribution in [3.63, 3.8) is 0 Å². The van der Waals surface area contributed by atoms with Crippen molar-refractivity contribution in [2.24, 2.45) is 0 Å². The minimum atomic E-state index is 0.487. The number of ether oxygens (including phenoxy) is 2. The molecule has 6 heteroatoms. The lowest BCUT2D eigenvalue weighted by molar-refractivity contribution is 0.0564. The topological polar surface area (TPSA) is 57.6 Å². The fourth-order valence-corrected chi connectivity index (χ4v) is 2.34. The molecule has 1 aliphatic heterocycles. The van der Waals surface area contributed by atoms with Gasteiger partial charge >= 0.3 is 0 Å². The summed E-state index contributed by atoms with van der Waals surface area (Å²) in [6.07, 6.45) is 5.46. The molecule has 2 aliphatic rings. The molecular formula is C14H20ClN3O2. The van der Waals surface area contributed by atoms with Crippen LogP contribution in [0.2, 0.25) is 0 Å². The molecular weight excluding hydrogens is 278 g/mol. The van der Waals surface area contributed by atoms with Crippen LogP contribution in [0.25, 0.3) is 0 Å². The Morgan fingerprint density at radius 3 is 2.90 bits per heavy atom. The summed E-state index contributed by atoms with van der Waals surface area (Å²) >= 11 is 6.17. The molecule has 110 valence electrons. The van der Waals surface area contributed by atoms with Crippen molar-refractivity contribution in [1.29, 1.82) is 5.41 Å². The molecule has 2 N–H and O–H groups in total. The van der Waals surface area contributed by atoms with Crippen molar-refractivity contribution in [3.05, 3.63) is 34.7 Å². The van der Waals surface area contributed by atoms with Gasteiger partial charge < -0.3 is 19.7 Å². The highest BCUT2D eigenvalue weighted by Gasteiger charge is 2.22. The number of hydrogen-bond donors (Lipinski definition) is 2. The zero-order chi connectivity index (χ0) is 14.4. The second-order valence-electron chi connectivity index (χ2n) is 4.58. The average molecular weight is 298 g/mol. The van der Waals surface area contributed by atoms with E-state index in [-0.39, 0.29) is 0 Å². The monoisotopic (exact) mass is 297 g/mol. The zero-order valence-corrected chi connectivity index (χ0v) is 12.4. The largest absolute Gasteiger partial charge is 0.388 e. The SMILES string of the molecule is COCCN/C=C1/C=C(Cl)C=C(N2CCOCC2)C1=N. The Hall–Kier alpha value is -1.30. The van der Waals surface area contributed by atoms with E-state index in [2.05, 4.69) is 10.2 Å². The number of nitrogens with one attached hydrogen (secondary N) is 2. The first-order chi connectivity index (χ1) is 9.72. The minimum Gasteiger partial charge on any atom is -0.388 e. The van der Waals surface area contributed by atoms with Crippen molar-refractivity contribution in [2.45, 2.75) is 0 Å². The lowest BCUT2D eigenvalue weighted by Gasteiger charge is -2.32. The fraction of sp³-hybridized carbons (Fsp3) is 0.500.